The largest absolute Gasteiger partial charge is 0.496 e. The number of methoxy groups -OCH3 is 1. The van der Waals surface area contributed by atoms with Gasteiger partial charge in [-0.3, -0.25) is 4.52 Å². The van der Waals surface area contributed by atoms with Crippen LogP contribution in [0.1, 0.15) is 23.7 Å². The van der Waals surface area contributed by atoms with Crippen LogP contribution in [0.2, 0.25) is 0 Å². The monoisotopic (exact) mass is 489 g/mol. The highest BCUT2D eigenvalue weighted by Crippen LogP contribution is 2.66. The number of aliphatic hydroxyl groups is 1. The zero-order chi connectivity index (χ0) is 22.7. The van der Waals surface area contributed by atoms with Crippen LogP contribution in [0.15, 0.2) is 18.2 Å². The van der Waals surface area contributed by atoms with E-state index in [1.807, 2.05) is 6.07 Å². The number of ether oxygens (including phenoxy) is 2. The molecule has 5 atom stereocenters. The summed E-state index contributed by atoms with van der Waals surface area (Å²) in [6.07, 6.45) is -3.03. The minimum atomic E-state index is -5.64. The number of phosphoric acid groups is 3. The fraction of sp³-hybridized carbons (Fsp3) is 0.462. The van der Waals surface area contributed by atoms with E-state index in [0.29, 0.717) is 16.9 Å². The molecule has 0 bridgehead atoms. The van der Waals surface area contributed by atoms with Crippen molar-refractivity contribution in [2.45, 2.75) is 24.7 Å². The molecule has 1 fully saturated rings. The van der Waals surface area contributed by atoms with E-state index >= 15 is 0 Å². The Morgan fingerprint density at radius 1 is 1.17 bits per heavy atom. The van der Waals surface area contributed by atoms with Crippen molar-refractivity contribution < 1.29 is 61.0 Å². The lowest BCUT2D eigenvalue weighted by Gasteiger charge is -2.19. The normalized spacial score (nSPS) is 25.8. The molecule has 0 aromatic heterocycles. The predicted octanol–water partition coefficient (Wildman–Crippen LogP) is 1.10. The third kappa shape index (κ3) is 7.21. The summed E-state index contributed by atoms with van der Waals surface area (Å²) in [6.45, 7) is -0.778. The molecular weight excluding hydrogens is 471 g/mol. The van der Waals surface area contributed by atoms with Gasteiger partial charge in [0.05, 0.1) is 37.6 Å². The molecule has 0 saturated carbocycles. The number of aliphatic hydroxyl groups excluding tert-OH is 1. The summed E-state index contributed by atoms with van der Waals surface area (Å²) in [5.74, 6) is 0.319. The van der Waals surface area contributed by atoms with Gasteiger partial charge in [-0.15, -0.1) is 0 Å². The maximum absolute atomic E-state index is 11.8. The van der Waals surface area contributed by atoms with Gasteiger partial charge in [-0.25, -0.2) is 13.7 Å². The van der Waals surface area contributed by atoms with Gasteiger partial charge < -0.3 is 34.2 Å². The second kappa shape index (κ2) is 9.54. The minimum absolute atomic E-state index is 0.0344. The van der Waals surface area contributed by atoms with Crippen molar-refractivity contribution in [2.75, 3.05) is 13.7 Å². The molecule has 5 N–H and O–H groups in total. The first kappa shape index (κ1) is 25.1. The number of phosphoric ester groups is 1. The van der Waals surface area contributed by atoms with Gasteiger partial charge >= 0.3 is 23.5 Å². The molecule has 168 valence electrons. The first-order chi connectivity index (χ1) is 13.8. The fourth-order valence-electron chi connectivity index (χ4n) is 2.60. The van der Waals surface area contributed by atoms with Gasteiger partial charge in [-0.1, -0.05) is 6.07 Å². The molecule has 1 heterocycles. The van der Waals surface area contributed by atoms with Crippen LogP contribution in [0, 0.1) is 11.3 Å². The van der Waals surface area contributed by atoms with Gasteiger partial charge in [0.2, 0.25) is 0 Å². The topological polar surface area (TPSA) is 222 Å². The molecule has 1 aromatic carbocycles. The van der Waals surface area contributed by atoms with Gasteiger partial charge in [-0.2, -0.15) is 13.9 Å². The Labute approximate surface area is 170 Å². The quantitative estimate of drug-likeness (QED) is 0.307. The van der Waals surface area contributed by atoms with Crippen molar-refractivity contribution in [1.29, 1.82) is 5.26 Å². The van der Waals surface area contributed by atoms with Crippen LogP contribution in [-0.4, -0.2) is 50.6 Å². The van der Waals surface area contributed by atoms with Gasteiger partial charge in [0, 0.05) is 12.0 Å². The number of hydrogen-bond donors (Lipinski definition) is 5. The Hall–Kier alpha value is -1.16. The summed E-state index contributed by atoms with van der Waals surface area (Å²) in [6, 6.07) is 6.47. The summed E-state index contributed by atoms with van der Waals surface area (Å²) in [7, 11) is -15.1. The third-order valence-corrected chi connectivity index (χ3v) is 7.55. The SMILES string of the molecule is COc1cc(C#N)ccc1[C@H]1C[C@H](O)[C@@H](COP(=O)(O)OP(=O)(O)OP(=O)(O)O)O1. The smallest absolute Gasteiger partial charge is 0.490 e. The highest BCUT2D eigenvalue weighted by molar-refractivity contribution is 7.66. The Kier molecular flexibility index (Phi) is 7.99. The van der Waals surface area contributed by atoms with E-state index in [4.69, 9.17) is 29.4 Å². The van der Waals surface area contributed by atoms with E-state index in [1.165, 1.54) is 19.2 Å². The molecule has 2 unspecified atom stereocenters. The highest BCUT2D eigenvalue weighted by atomic mass is 31.3. The van der Waals surface area contributed by atoms with E-state index < -0.39 is 48.4 Å². The van der Waals surface area contributed by atoms with Crippen LogP contribution in [-0.2, 0) is 31.6 Å². The lowest BCUT2D eigenvalue weighted by atomic mass is 10.0. The van der Waals surface area contributed by atoms with Gasteiger partial charge in [0.25, 0.3) is 0 Å². The molecule has 0 radical (unpaired) electrons. The number of hydrogen-bond acceptors (Lipinski definition) is 10. The number of nitriles is 1. The van der Waals surface area contributed by atoms with Crippen LogP contribution < -0.4 is 4.74 Å². The minimum Gasteiger partial charge on any atom is -0.496 e. The lowest BCUT2D eigenvalue weighted by molar-refractivity contribution is -0.0225. The van der Waals surface area contributed by atoms with Crippen LogP contribution >= 0.6 is 23.5 Å². The molecule has 0 spiro atoms. The van der Waals surface area contributed by atoms with E-state index in [-0.39, 0.29) is 6.42 Å². The van der Waals surface area contributed by atoms with E-state index in [9.17, 15) is 23.7 Å². The maximum Gasteiger partial charge on any atom is 0.490 e. The average molecular weight is 489 g/mol. The fourth-order valence-corrected chi connectivity index (χ4v) is 5.63. The van der Waals surface area contributed by atoms with Gasteiger partial charge in [0.1, 0.15) is 11.9 Å². The van der Waals surface area contributed by atoms with Crippen molar-refractivity contribution in [1.82, 2.24) is 0 Å². The zero-order valence-corrected chi connectivity index (χ0v) is 17.9. The number of rotatable bonds is 9. The summed E-state index contributed by atoms with van der Waals surface area (Å²) < 4.78 is 56.1. The first-order valence-corrected chi connectivity index (χ1v) is 12.5. The van der Waals surface area contributed by atoms with Crippen molar-refractivity contribution >= 4 is 23.5 Å². The molecule has 17 heteroatoms. The van der Waals surface area contributed by atoms with Crippen molar-refractivity contribution in [3.8, 4) is 11.8 Å². The Bertz CT molecular complexity index is 956. The van der Waals surface area contributed by atoms with Crippen LogP contribution in [0.25, 0.3) is 0 Å². The Morgan fingerprint density at radius 3 is 2.40 bits per heavy atom. The van der Waals surface area contributed by atoms with Crippen molar-refractivity contribution in [3.63, 3.8) is 0 Å². The second-order valence-corrected chi connectivity index (χ2v) is 10.3. The zero-order valence-electron chi connectivity index (χ0n) is 15.2. The third-order valence-electron chi connectivity index (χ3n) is 3.75. The van der Waals surface area contributed by atoms with Gasteiger partial charge in [-0.05, 0) is 12.1 Å². The summed E-state index contributed by atoms with van der Waals surface area (Å²) in [5.41, 5.74) is 0.828. The van der Waals surface area contributed by atoms with Gasteiger partial charge in [0.15, 0.2) is 0 Å². The standard InChI is InChI=1S/C13H18NO13P3/c1-23-11-4-8(6-14)2-3-9(11)12-5-10(15)13(25-12)7-24-29(19,20)27-30(21,22)26-28(16,17)18/h2-4,10,12-13,15H,5,7H2,1H3,(H,19,20)(H,21,22)(H2,16,17,18)/t10-,12+,13+/m0/s1. The molecule has 14 nitrogen and oxygen atoms in total. The van der Waals surface area contributed by atoms with Crippen LogP contribution in [0.3, 0.4) is 0 Å². The molecule has 1 aliphatic heterocycles. The average Bonchev–Trinajstić information content (AvgIpc) is 2.97. The Balaban J connectivity index is 2.02. The molecule has 30 heavy (non-hydrogen) atoms. The van der Waals surface area contributed by atoms with Crippen molar-refractivity contribution in [3.05, 3.63) is 29.3 Å². The summed E-state index contributed by atoms with van der Waals surface area (Å²) in [5, 5.41) is 19.1. The first-order valence-electron chi connectivity index (χ1n) is 7.95. The van der Waals surface area contributed by atoms with Crippen LogP contribution in [0.4, 0.5) is 0 Å². The molecular formula is C13H18NO13P3. The Morgan fingerprint density at radius 2 is 1.83 bits per heavy atom. The molecule has 0 amide bonds. The summed E-state index contributed by atoms with van der Waals surface area (Å²) >= 11 is 0. The van der Waals surface area contributed by atoms with Crippen molar-refractivity contribution in [2.24, 2.45) is 0 Å². The number of nitrogens with zero attached hydrogens (tertiary/aromatic N) is 1. The van der Waals surface area contributed by atoms with Crippen LogP contribution in [0.5, 0.6) is 5.75 Å². The van der Waals surface area contributed by atoms with E-state index in [2.05, 4.69) is 13.1 Å². The highest BCUT2D eigenvalue weighted by Gasteiger charge is 2.43. The predicted molar refractivity (Wildman–Crippen MR) is 95.8 cm³/mol. The molecule has 2 rings (SSSR count). The summed E-state index contributed by atoms with van der Waals surface area (Å²) in [4.78, 5) is 35.6. The second-order valence-electron chi connectivity index (χ2n) is 5.92. The number of benzene rings is 1. The molecule has 1 aliphatic rings. The molecule has 1 aromatic rings. The molecule has 0 aliphatic carbocycles. The van der Waals surface area contributed by atoms with E-state index in [0.717, 1.165) is 0 Å². The lowest BCUT2D eigenvalue weighted by Crippen LogP contribution is -2.26. The molecule has 1 saturated heterocycles. The van der Waals surface area contributed by atoms with E-state index in [1.54, 1.807) is 6.07 Å². The maximum atomic E-state index is 11.8.